The number of hydrogen-bond donors (Lipinski definition) is 4. The third-order valence-corrected chi connectivity index (χ3v) is 11.1. The van der Waals surface area contributed by atoms with Crippen molar-refractivity contribution < 1.29 is 42.7 Å². The molecule has 5 rings (SSSR count). The summed E-state index contributed by atoms with van der Waals surface area (Å²) in [4.78, 5) is 18.2. The fraction of sp³-hybridized carbons (Fsp3) is 0.400. The lowest BCUT2D eigenvalue weighted by atomic mass is 9.93. The van der Waals surface area contributed by atoms with Gasteiger partial charge in [0.05, 0.1) is 29.2 Å². The van der Waals surface area contributed by atoms with Gasteiger partial charge in [-0.2, -0.15) is 0 Å². The summed E-state index contributed by atoms with van der Waals surface area (Å²) >= 11 is 6.72. The third kappa shape index (κ3) is 10.3. The lowest BCUT2D eigenvalue weighted by Crippen LogP contribution is -2.52. The number of halogens is 1. The molecule has 0 spiro atoms. The van der Waals surface area contributed by atoms with Crippen LogP contribution in [0.4, 0.5) is 0 Å². The van der Waals surface area contributed by atoms with Crippen molar-refractivity contribution in [3.05, 3.63) is 99.8 Å². The summed E-state index contributed by atoms with van der Waals surface area (Å²) < 4.78 is 42.8. The molecule has 2 atom stereocenters. The number of carboxylic acid groups (broad SMARTS) is 1. The molecular formula is C40H48ClN3O9S. The van der Waals surface area contributed by atoms with Crippen molar-refractivity contribution in [1.82, 2.24) is 15.2 Å². The predicted octanol–water partition coefficient (Wildman–Crippen LogP) is 5.34. The molecule has 1 saturated heterocycles. The van der Waals surface area contributed by atoms with E-state index in [0.29, 0.717) is 29.2 Å². The second-order valence-corrected chi connectivity index (χ2v) is 16.3. The fourth-order valence-corrected chi connectivity index (χ4v) is 7.05. The van der Waals surface area contributed by atoms with Crippen LogP contribution in [-0.4, -0.2) is 90.3 Å². The van der Waals surface area contributed by atoms with Crippen molar-refractivity contribution in [2.24, 2.45) is 0 Å². The van der Waals surface area contributed by atoms with Gasteiger partial charge in [-0.25, -0.2) is 8.42 Å². The van der Waals surface area contributed by atoms with E-state index < -0.39 is 28.0 Å². The number of rotatable bonds is 18. The number of aromatic nitrogens is 1. The monoisotopic (exact) mass is 781 g/mol. The molecule has 1 fully saturated rings. The van der Waals surface area contributed by atoms with Crippen molar-refractivity contribution in [2.45, 2.75) is 69.9 Å². The van der Waals surface area contributed by atoms with Crippen LogP contribution in [0.3, 0.4) is 0 Å². The number of carboxylic acids is 1. The molecule has 0 unspecified atom stereocenters. The molecule has 54 heavy (non-hydrogen) atoms. The maximum Gasteiger partial charge on any atom is 0.326 e. The molecule has 14 heteroatoms. The summed E-state index contributed by atoms with van der Waals surface area (Å²) in [5, 5.41) is 32.3. The van der Waals surface area contributed by atoms with Gasteiger partial charge in [0.1, 0.15) is 36.0 Å². The number of nitrogens with zero attached hydrogens (tertiary/aromatic N) is 2. The number of carbonyl (C=O) groups is 1. The number of β-amino-alcohol motifs (C(OH)–C–C–N with tert-alkyl or cyclic N) is 1. The molecule has 3 aromatic carbocycles. The van der Waals surface area contributed by atoms with Gasteiger partial charge in [-0.15, -0.1) is 0 Å². The van der Waals surface area contributed by atoms with Gasteiger partial charge in [0.15, 0.2) is 9.84 Å². The first-order chi connectivity index (χ1) is 25.7. The number of aliphatic hydroxyl groups excluding tert-OH is 2. The number of ether oxygens (including phenoxy) is 3. The third-order valence-electron chi connectivity index (χ3n) is 9.69. The molecule has 1 aliphatic rings. The SMILES string of the molecule is Cc1c(COc2cc(OCc3cncc(S(C)(=O)=O)c3)c(CN[C@](C)(CO)C(=O)O)cc2Cl)cccc1-c1cccc(OCCCN2CC[C@@H](O)C2)c1C. The second kappa shape index (κ2) is 17.9. The van der Waals surface area contributed by atoms with E-state index in [2.05, 4.69) is 34.3 Å². The molecule has 4 N–H and O–H groups in total. The molecule has 0 saturated carbocycles. The number of likely N-dealkylation sites (tertiary alicyclic amines) is 1. The normalized spacial score (nSPS) is 15.9. The molecule has 4 aromatic rings. The molecule has 290 valence electrons. The summed E-state index contributed by atoms with van der Waals surface area (Å²) in [5.41, 5.74) is 4.43. The largest absolute Gasteiger partial charge is 0.493 e. The first-order valence-electron chi connectivity index (χ1n) is 17.7. The van der Waals surface area contributed by atoms with E-state index in [1.165, 1.54) is 25.4 Å². The number of hydrogen-bond acceptors (Lipinski definition) is 11. The number of benzene rings is 3. The van der Waals surface area contributed by atoms with E-state index in [-0.39, 0.29) is 35.8 Å². The Morgan fingerprint density at radius 1 is 0.981 bits per heavy atom. The number of aliphatic hydroxyl groups is 2. The quantitative estimate of drug-likeness (QED) is 0.0959. The van der Waals surface area contributed by atoms with Crippen molar-refractivity contribution >= 4 is 27.4 Å². The zero-order valence-electron chi connectivity index (χ0n) is 31.0. The van der Waals surface area contributed by atoms with Crippen LogP contribution >= 0.6 is 11.6 Å². The van der Waals surface area contributed by atoms with Crippen molar-refractivity contribution in [3.8, 4) is 28.4 Å². The summed E-state index contributed by atoms with van der Waals surface area (Å²) in [7, 11) is -3.50. The summed E-state index contributed by atoms with van der Waals surface area (Å²) in [5.74, 6) is 0.226. The Morgan fingerprint density at radius 3 is 2.39 bits per heavy atom. The molecule has 0 aliphatic carbocycles. The van der Waals surface area contributed by atoms with E-state index >= 15 is 0 Å². The number of nitrogens with one attached hydrogen (secondary N) is 1. The first-order valence-corrected chi connectivity index (χ1v) is 20.0. The smallest absolute Gasteiger partial charge is 0.326 e. The average Bonchev–Trinajstić information content (AvgIpc) is 3.56. The van der Waals surface area contributed by atoms with Gasteiger partial charge in [0.2, 0.25) is 0 Å². The highest BCUT2D eigenvalue weighted by atomic mass is 35.5. The van der Waals surface area contributed by atoms with E-state index in [1.54, 1.807) is 12.1 Å². The molecule has 1 aliphatic heterocycles. The van der Waals surface area contributed by atoms with Crippen LogP contribution in [-0.2, 0) is 34.4 Å². The highest BCUT2D eigenvalue weighted by molar-refractivity contribution is 7.90. The Kier molecular flexibility index (Phi) is 13.6. The first kappa shape index (κ1) is 40.9. The maximum absolute atomic E-state index is 12.1. The summed E-state index contributed by atoms with van der Waals surface area (Å²) in [6, 6.07) is 16.8. The Morgan fingerprint density at radius 2 is 1.70 bits per heavy atom. The van der Waals surface area contributed by atoms with Crippen molar-refractivity contribution in [2.75, 3.05) is 39.1 Å². The van der Waals surface area contributed by atoms with Crippen LogP contribution in [0, 0.1) is 13.8 Å². The number of aliphatic carboxylic acids is 1. The molecule has 1 aromatic heterocycles. The van der Waals surface area contributed by atoms with Gasteiger partial charge in [-0.1, -0.05) is 41.9 Å². The zero-order valence-corrected chi connectivity index (χ0v) is 32.5. The lowest BCUT2D eigenvalue weighted by Gasteiger charge is -2.25. The second-order valence-electron chi connectivity index (χ2n) is 13.9. The van der Waals surface area contributed by atoms with Crippen LogP contribution in [0.1, 0.15) is 47.6 Å². The lowest BCUT2D eigenvalue weighted by molar-refractivity contribution is -0.145. The topological polar surface area (TPSA) is 168 Å². The van der Waals surface area contributed by atoms with Crippen LogP contribution in [0.25, 0.3) is 11.1 Å². The molecule has 12 nitrogen and oxygen atoms in total. The number of pyridine rings is 1. The van der Waals surface area contributed by atoms with E-state index in [0.717, 1.165) is 72.3 Å². The van der Waals surface area contributed by atoms with Crippen LogP contribution < -0.4 is 19.5 Å². The van der Waals surface area contributed by atoms with Gasteiger partial charge in [-0.05, 0) is 79.6 Å². The predicted molar refractivity (Wildman–Crippen MR) is 206 cm³/mol. The molecule has 2 heterocycles. The Hall–Kier alpha value is -4.24. The van der Waals surface area contributed by atoms with Gasteiger partial charge in [-0.3, -0.25) is 15.1 Å². The Balaban J connectivity index is 1.33. The van der Waals surface area contributed by atoms with Crippen LogP contribution in [0.2, 0.25) is 5.02 Å². The van der Waals surface area contributed by atoms with Crippen molar-refractivity contribution in [3.63, 3.8) is 0 Å². The Labute approximate surface area is 321 Å². The minimum Gasteiger partial charge on any atom is -0.493 e. The standard InChI is InChI=1S/C40H48ClN3O9S/c1-26-29(8-5-9-33(26)34-10-6-11-36(27(34)2)51-15-7-13-44-14-12-31(46)22-44)24-53-38-18-37(52-23-28-16-32(21-42-19-28)54(4,49)50)30(17-35(38)41)20-43-40(3,25-45)39(47)48/h5-6,8-11,16-19,21,31,43,45-46H,7,12-15,20,22-25H2,1-4H3,(H,47,48)/t31-,40-/m1/s1. The van der Waals surface area contributed by atoms with Gasteiger partial charge < -0.3 is 34.4 Å². The van der Waals surface area contributed by atoms with Crippen LogP contribution in [0.15, 0.2) is 71.9 Å². The van der Waals surface area contributed by atoms with E-state index in [4.69, 9.17) is 25.8 Å². The summed E-state index contributed by atoms with van der Waals surface area (Å²) in [6.45, 7) is 8.01. The van der Waals surface area contributed by atoms with E-state index in [9.17, 15) is 28.5 Å². The highest BCUT2D eigenvalue weighted by Gasteiger charge is 2.32. The minimum atomic E-state index is -3.50. The van der Waals surface area contributed by atoms with Gasteiger partial charge >= 0.3 is 5.97 Å². The van der Waals surface area contributed by atoms with E-state index in [1.807, 2.05) is 31.2 Å². The van der Waals surface area contributed by atoms with Gasteiger partial charge in [0.25, 0.3) is 0 Å². The average molecular weight is 782 g/mol. The molecule has 0 amide bonds. The molecular weight excluding hydrogens is 734 g/mol. The molecule has 0 radical (unpaired) electrons. The Bertz CT molecular complexity index is 2060. The molecule has 0 bridgehead atoms. The highest BCUT2D eigenvalue weighted by Crippen LogP contribution is 2.36. The fourth-order valence-electron chi connectivity index (χ4n) is 6.19. The van der Waals surface area contributed by atoms with Crippen LogP contribution in [0.5, 0.6) is 17.2 Å². The maximum atomic E-state index is 12.1. The summed E-state index contributed by atoms with van der Waals surface area (Å²) in [6.07, 6.45) is 5.31. The number of sulfone groups is 1. The minimum absolute atomic E-state index is 0.0216. The van der Waals surface area contributed by atoms with Gasteiger partial charge in [0, 0.05) is 62.0 Å². The zero-order chi connectivity index (χ0) is 39.0. The van der Waals surface area contributed by atoms with Crippen molar-refractivity contribution in [1.29, 1.82) is 0 Å².